The summed E-state index contributed by atoms with van der Waals surface area (Å²) < 4.78 is 5.34. The minimum atomic E-state index is 0.634. The van der Waals surface area contributed by atoms with Crippen molar-refractivity contribution in [2.45, 2.75) is 31.4 Å². The molecule has 2 rings (SSSR count). The summed E-state index contributed by atoms with van der Waals surface area (Å²) >= 11 is 2.05. The Morgan fingerprint density at radius 2 is 2.47 bits per heavy atom. The van der Waals surface area contributed by atoms with E-state index in [0.717, 1.165) is 6.54 Å². The molecule has 0 amide bonds. The first-order valence-corrected chi connectivity index (χ1v) is 7.24. The van der Waals surface area contributed by atoms with Crippen LogP contribution in [0.2, 0.25) is 0 Å². The first-order valence-electron chi connectivity index (χ1n) is 6.20. The van der Waals surface area contributed by atoms with Gasteiger partial charge in [-0.2, -0.15) is 16.7 Å². The van der Waals surface area contributed by atoms with Gasteiger partial charge in [0.15, 0.2) is 0 Å². The number of thioether (sulfide) groups is 1. The summed E-state index contributed by atoms with van der Waals surface area (Å²) in [4.78, 5) is 8.49. The Kier molecular flexibility index (Phi) is 4.91. The van der Waals surface area contributed by atoms with E-state index in [1.54, 1.807) is 12.3 Å². The third-order valence-electron chi connectivity index (χ3n) is 2.68. The standard InChI is InChI=1S/C12H19N3OS/c1-2-16-11-6-7-13-12(15-11)14-9-10-5-3-4-8-17-10/h6-7,10H,2-5,8-9H2,1H3,(H,13,14,15). The molecular weight excluding hydrogens is 234 g/mol. The van der Waals surface area contributed by atoms with Gasteiger partial charge in [0.05, 0.1) is 6.61 Å². The number of ether oxygens (including phenoxy) is 1. The quantitative estimate of drug-likeness (QED) is 0.874. The Morgan fingerprint density at radius 3 is 3.24 bits per heavy atom. The fourth-order valence-electron chi connectivity index (χ4n) is 1.83. The smallest absolute Gasteiger partial charge is 0.225 e. The second-order valence-electron chi connectivity index (χ2n) is 4.02. The minimum Gasteiger partial charge on any atom is -0.478 e. The van der Waals surface area contributed by atoms with Crippen molar-refractivity contribution >= 4 is 17.7 Å². The largest absolute Gasteiger partial charge is 0.478 e. The molecule has 4 nitrogen and oxygen atoms in total. The summed E-state index contributed by atoms with van der Waals surface area (Å²) in [5, 5.41) is 3.99. The maximum Gasteiger partial charge on any atom is 0.225 e. The van der Waals surface area contributed by atoms with E-state index >= 15 is 0 Å². The number of hydrogen-bond donors (Lipinski definition) is 1. The maximum absolute atomic E-state index is 5.34. The van der Waals surface area contributed by atoms with Crippen molar-refractivity contribution in [3.63, 3.8) is 0 Å². The molecule has 1 aromatic heterocycles. The van der Waals surface area contributed by atoms with Crippen molar-refractivity contribution in [1.82, 2.24) is 9.97 Å². The molecule has 0 saturated carbocycles. The molecule has 94 valence electrons. The molecule has 1 aliphatic rings. The fourth-order valence-corrected chi connectivity index (χ4v) is 3.07. The van der Waals surface area contributed by atoms with Gasteiger partial charge in [0.2, 0.25) is 11.8 Å². The average Bonchev–Trinajstić information content (AvgIpc) is 2.39. The van der Waals surface area contributed by atoms with Crippen molar-refractivity contribution in [1.29, 1.82) is 0 Å². The van der Waals surface area contributed by atoms with Crippen LogP contribution in [0.3, 0.4) is 0 Å². The summed E-state index contributed by atoms with van der Waals surface area (Å²) in [6.45, 7) is 3.53. The number of rotatable bonds is 5. The second kappa shape index (κ2) is 6.69. The number of nitrogens with one attached hydrogen (secondary N) is 1. The summed E-state index contributed by atoms with van der Waals surface area (Å²) in [5.74, 6) is 2.59. The lowest BCUT2D eigenvalue weighted by molar-refractivity contribution is 0.326. The van der Waals surface area contributed by atoms with Gasteiger partial charge >= 0.3 is 0 Å². The van der Waals surface area contributed by atoms with Crippen molar-refractivity contribution in [3.8, 4) is 5.88 Å². The van der Waals surface area contributed by atoms with Gasteiger partial charge in [-0.15, -0.1) is 0 Å². The van der Waals surface area contributed by atoms with Crippen LogP contribution in [-0.4, -0.2) is 34.1 Å². The lowest BCUT2D eigenvalue weighted by Gasteiger charge is -2.21. The van der Waals surface area contributed by atoms with Crippen LogP contribution in [0.25, 0.3) is 0 Å². The Bertz CT molecular complexity index is 342. The maximum atomic E-state index is 5.34. The lowest BCUT2D eigenvalue weighted by Crippen LogP contribution is -2.21. The number of aromatic nitrogens is 2. The average molecular weight is 253 g/mol. The summed E-state index contributed by atoms with van der Waals surface area (Å²) in [6, 6.07) is 1.78. The van der Waals surface area contributed by atoms with E-state index in [0.29, 0.717) is 23.7 Å². The van der Waals surface area contributed by atoms with Crippen LogP contribution in [-0.2, 0) is 0 Å². The van der Waals surface area contributed by atoms with Gasteiger partial charge in [-0.05, 0) is 25.5 Å². The van der Waals surface area contributed by atoms with Gasteiger partial charge in [-0.3, -0.25) is 0 Å². The van der Waals surface area contributed by atoms with Gasteiger partial charge in [0.1, 0.15) is 0 Å². The molecular formula is C12H19N3OS. The van der Waals surface area contributed by atoms with Crippen LogP contribution < -0.4 is 10.1 Å². The SMILES string of the molecule is CCOc1ccnc(NCC2CCCCS2)n1. The van der Waals surface area contributed by atoms with Gasteiger partial charge in [-0.25, -0.2) is 4.98 Å². The predicted octanol–water partition coefficient (Wildman–Crippen LogP) is 2.57. The lowest BCUT2D eigenvalue weighted by atomic mass is 10.2. The monoisotopic (exact) mass is 253 g/mol. The summed E-state index contributed by atoms with van der Waals surface area (Å²) in [7, 11) is 0. The van der Waals surface area contributed by atoms with E-state index < -0.39 is 0 Å². The van der Waals surface area contributed by atoms with Crippen molar-refractivity contribution in [2.24, 2.45) is 0 Å². The molecule has 0 radical (unpaired) electrons. The Labute approximate surface area is 107 Å². The molecule has 2 heterocycles. The van der Waals surface area contributed by atoms with Gasteiger partial charge in [0, 0.05) is 24.1 Å². The molecule has 5 heteroatoms. The molecule has 17 heavy (non-hydrogen) atoms. The molecule has 0 spiro atoms. The third-order valence-corrected chi connectivity index (χ3v) is 4.08. The van der Waals surface area contributed by atoms with Gasteiger partial charge in [-0.1, -0.05) is 6.42 Å². The first-order chi connectivity index (χ1) is 8.38. The normalized spacial score (nSPS) is 19.9. The fraction of sp³-hybridized carbons (Fsp3) is 0.667. The minimum absolute atomic E-state index is 0.634. The van der Waals surface area contributed by atoms with E-state index in [9.17, 15) is 0 Å². The first kappa shape index (κ1) is 12.5. The Balaban J connectivity index is 1.83. The highest BCUT2D eigenvalue weighted by Gasteiger charge is 2.13. The van der Waals surface area contributed by atoms with Crippen molar-refractivity contribution in [3.05, 3.63) is 12.3 Å². The third kappa shape index (κ3) is 4.07. The molecule has 0 aliphatic carbocycles. The molecule has 1 fully saturated rings. The molecule has 1 unspecified atom stereocenters. The molecule has 0 aromatic carbocycles. The van der Waals surface area contributed by atoms with E-state index in [-0.39, 0.29) is 0 Å². The highest BCUT2D eigenvalue weighted by Crippen LogP contribution is 2.24. The highest BCUT2D eigenvalue weighted by atomic mass is 32.2. The second-order valence-corrected chi connectivity index (χ2v) is 5.43. The van der Waals surface area contributed by atoms with Gasteiger partial charge < -0.3 is 10.1 Å². The van der Waals surface area contributed by atoms with Gasteiger partial charge in [0.25, 0.3) is 0 Å². The molecule has 1 saturated heterocycles. The number of anilines is 1. The molecule has 1 atom stereocenters. The Morgan fingerprint density at radius 1 is 1.53 bits per heavy atom. The van der Waals surface area contributed by atoms with E-state index in [1.165, 1.54) is 25.0 Å². The van der Waals surface area contributed by atoms with Crippen LogP contribution in [0.15, 0.2) is 12.3 Å². The van der Waals surface area contributed by atoms with Crippen LogP contribution in [0.5, 0.6) is 5.88 Å². The van der Waals surface area contributed by atoms with Crippen molar-refractivity contribution in [2.75, 3.05) is 24.2 Å². The van der Waals surface area contributed by atoms with E-state index in [2.05, 4.69) is 15.3 Å². The number of nitrogens with zero attached hydrogens (tertiary/aromatic N) is 2. The molecule has 1 aliphatic heterocycles. The number of hydrogen-bond acceptors (Lipinski definition) is 5. The van der Waals surface area contributed by atoms with E-state index in [4.69, 9.17) is 4.74 Å². The van der Waals surface area contributed by atoms with E-state index in [1.807, 2.05) is 18.7 Å². The zero-order chi connectivity index (χ0) is 11.9. The van der Waals surface area contributed by atoms with Crippen molar-refractivity contribution < 1.29 is 4.74 Å². The predicted molar refractivity (Wildman–Crippen MR) is 71.8 cm³/mol. The summed E-state index contributed by atoms with van der Waals surface area (Å²) in [6.07, 6.45) is 5.73. The van der Waals surface area contributed by atoms with Crippen LogP contribution in [0.1, 0.15) is 26.2 Å². The van der Waals surface area contributed by atoms with Crippen LogP contribution >= 0.6 is 11.8 Å². The topological polar surface area (TPSA) is 47.0 Å². The highest BCUT2D eigenvalue weighted by molar-refractivity contribution is 7.99. The molecule has 1 aromatic rings. The van der Waals surface area contributed by atoms with Crippen LogP contribution in [0.4, 0.5) is 5.95 Å². The Hall–Kier alpha value is -0.970. The zero-order valence-electron chi connectivity index (χ0n) is 10.2. The molecule has 1 N–H and O–H groups in total. The molecule has 0 bridgehead atoms. The zero-order valence-corrected chi connectivity index (χ0v) is 11.0. The summed E-state index contributed by atoms with van der Waals surface area (Å²) in [5.41, 5.74) is 0. The van der Waals surface area contributed by atoms with Crippen LogP contribution in [0, 0.1) is 0 Å².